The molecule has 1 aliphatic carbocycles. The number of carbonyl (C=O) groups is 1. The predicted octanol–water partition coefficient (Wildman–Crippen LogP) is 5.59. The summed E-state index contributed by atoms with van der Waals surface area (Å²) >= 11 is 0. The van der Waals surface area contributed by atoms with Crippen molar-refractivity contribution in [3.63, 3.8) is 0 Å². The van der Waals surface area contributed by atoms with Crippen molar-refractivity contribution in [2.24, 2.45) is 0 Å². The molecule has 2 aromatic rings. The third-order valence-corrected chi connectivity index (χ3v) is 6.30. The number of esters is 1. The first-order valence-corrected chi connectivity index (χ1v) is 11.2. The van der Waals surface area contributed by atoms with Gasteiger partial charge in [-0.25, -0.2) is 9.97 Å². The number of benzene rings is 1. The zero-order chi connectivity index (χ0) is 21.7. The predicted molar refractivity (Wildman–Crippen MR) is 122 cm³/mol. The summed E-state index contributed by atoms with van der Waals surface area (Å²) in [5.74, 6) is 0.175. The van der Waals surface area contributed by atoms with Crippen LogP contribution in [0.15, 0.2) is 24.3 Å². The maximum absolute atomic E-state index is 12.7. The van der Waals surface area contributed by atoms with Crippen molar-refractivity contribution in [1.29, 1.82) is 0 Å². The number of ether oxygens (including phenoxy) is 1. The van der Waals surface area contributed by atoms with E-state index in [1.165, 1.54) is 44.8 Å². The van der Waals surface area contributed by atoms with Gasteiger partial charge in [0, 0.05) is 29.9 Å². The van der Waals surface area contributed by atoms with Crippen molar-refractivity contribution in [2.75, 3.05) is 19.1 Å². The number of hydrogen-bond donors (Lipinski definition) is 0. The zero-order valence-electron chi connectivity index (χ0n) is 19.1. The van der Waals surface area contributed by atoms with Crippen LogP contribution in [0.1, 0.15) is 74.6 Å². The van der Waals surface area contributed by atoms with Crippen molar-refractivity contribution in [3.05, 3.63) is 41.1 Å². The molecule has 1 heterocycles. The SMILES string of the molecule is CCCC(C(=O)OC)c1c(C)nc(N(C)C2CCCCC2)nc1-c1ccc(C)cc1. The van der Waals surface area contributed by atoms with Crippen LogP contribution in [0.2, 0.25) is 0 Å². The average molecular weight is 410 g/mol. The average Bonchev–Trinajstić information content (AvgIpc) is 2.77. The van der Waals surface area contributed by atoms with Gasteiger partial charge in [-0.1, -0.05) is 62.4 Å². The molecule has 0 spiro atoms. The lowest BCUT2D eigenvalue weighted by molar-refractivity contribution is -0.142. The van der Waals surface area contributed by atoms with Gasteiger partial charge in [-0.05, 0) is 33.1 Å². The van der Waals surface area contributed by atoms with Gasteiger partial charge in [0.25, 0.3) is 0 Å². The van der Waals surface area contributed by atoms with Crippen LogP contribution >= 0.6 is 0 Å². The number of rotatable bonds is 7. The third-order valence-electron chi connectivity index (χ3n) is 6.30. The molecule has 162 valence electrons. The summed E-state index contributed by atoms with van der Waals surface area (Å²) in [7, 11) is 3.56. The fourth-order valence-corrected chi connectivity index (χ4v) is 4.52. The largest absolute Gasteiger partial charge is 0.469 e. The first kappa shape index (κ1) is 22.3. The van der Waals surface area contributed by atoms with Crippen molar-refractivity contribution >= 4 is 11.9 Å². The number of anilines is 1. The number of hydrogen-bond acceptors (Lipinski definition) is 5. The molecule has 5 heteroatoms. The van der Waals surface area contributed by atoms with Gasteiger partial charge in [-0.3, -0.25) is 4.79 Å². The molecule has 5 nitrogen and oxygen atoms in total. The van der Waals surface area contributed by atoms with Gasteiger partial charge in [0.15, 0.2) is 0 Å². The lowest BCUT2D eigenvalue weighted by Gasteiger charge is -2.32. The van der Waals surface area contributed by atoms with E-state index in [1.54, 1.807) is 0 Å². The number of carbonyl (C=O) groups excluding carboxylic acids is 1. The molecule has 0 amide bonds. The van der Waals surface area contributed by atoms with Crippen LogP contribution in [0, 0.1) is 13.8 Å². The number of aromatic nitrogens is 2. The Labute approximate surface area is 180 Å². The summed E-state index contributed by atoms with van der Waals surface area (Å²) in [4.78, 5) is 24.8. The second-order valence-electron chi connectivity index (χ2n) is 8.50. The minimum absolute atomic E-state index is 0.217. The molecule has 1 unspecified atom stereocenters. The molecule has 3 rings (SSSR count). The minimum atomic E-state index is -0.356. The van der Waals surface area contributed by atoms with Gasteiger partial charge < -0.3 is 9.64 Å². The fourth-order valence-electron chi connectivity index (χ4n) is 4.52. The Balaban J connectivity index is 2.13. The molecule has 1 fully saturated rings. The van der Waals surface area contributed by atoms with Crippen LogP contribution in [0.25, 0.3) is 11.3 Å². The van der Waals surface area contributed by atoms with Gasteiger partial charge in [0.1, 0.15) is 0 Å². The highest BCUT2D eigenvalue weighted by Crippen LogP contribution is 2.35. The molecule has 30 heavy (non-hydrogen) atoms. The molecular formula is C25H35N3O2. The van der Waals surface area contributed by atoms with Crippen LogP contribution in [-0.4, -0.2) is 36.1 Å². The Morgan fingerprint density at radius 3 is 2.40 bits per heavy atom. The standard InChI is InChI=1S/C25H35N3O2/c1-6-10-21(24(29)30-5)22-18(3)26-25(28(4)20-11-8-7-9-12-20)27-23(22)19-15-13-17(2)14-16-19/h13-16,20-21H,6-12H2,1-5H3. The molecule has 1 atom stereocenters. The summed E-state index contributed by atoms with van der Waals surface area (Å²) in [6, 6.07) is 8.83. The molecule has 1 aromatic heterocycles. The van der Waals surface area contributed by atoms with Crippen molar-refractivity contribution in [2.45, 2.75) is 77.7 Å². The molecule has 0 radical (unpaired) electrons. The Hall–Kier alpha value is -2.43. The van der Waals surface area contributed by atoms with E-state index < -0.39 is 0 Å². The van der Waals surface area contributed by atoms with E-state index in [0.29, 0.717) is 12.5 Å². The molecular weight excluding hydrogens is 374 g/mol. The van der Waals surface area contributed by atoms with Crippen molar-refractivity contribution in [1.82, 2.24) is 9.97 Å². The molecule has 1 aliphatic rings. The number of methoxy groups -OCH3 is 1. The highest BCUT2D eigenvalue weighted by molar-refractivity contribution is 5.82. The Kier molecular flexibility index (Phi) is 7.46. The molecule has 1 saturated carbocycles. The maximum Gasteiger partial charge on any atom is 0.313 e. The molecule has 0 N–H and O–H groups in total. The second-order valence-corrected chi connectivity index (χ2v) is 8.50. The summed E-state index contributed by atoms with van der Waals surface area (Å²) in [6.07, 6.45) is 7.80. The topological polar surface area (TPSA) is 55.3 Å². The van der Waals surface area contributed by atoms with Gasteiger partial charge in [0.05, 0.1) is 18.7 Å². The Morgan fingerprint density at radius 2 is 1.80 bits per heavy atom. The third kappa shape index (κ3) is 4.82. The van der Waals surface area contributed by atoms with E-state index in [-0.39, 0.29) is 11.9 Å². The molecule has 0 bridgehead atoms. The van der Waals surface area contributed by atoms with Crippen molar-refractivity contribution < 1.29 is 9.53 Å². The van der Waals surface area contributed by atoms with Gasteiger partial charge in [-0.15, -0.1) is 0 Å². The van der Waals surface area contributed by atoms with Gasteiger partial charge in [0.2, 0.25) is 5.95 Å². The zero-order valence-corrected chi connectivity index (χ0v) is 19.1. The molecule has 1 aromatic carbocycles. The van der Waals surface area contributed by atoms with Crippen LogP contribution < -0.4 is 4.90 Å². The highest BCUT2D eigenvalue weighted by Gasteiger charge is 2.29. The van der Waals surface area contributed by atoms with Crippen LogP contribution in [0.5, 0.6) is 0 Å². The fraction of sp³-hybridized carbons (Fsp3) is 0.560. The quantitative estimate of drug-likeness (QED) is 0.558. The minimum Gasteiger partial charge on any atom is -0.469 e. The summed E-state index contributed by atoms with van der Waals surface area (Å²) in [6.45, 7) is 6.16. The van der Waals surface area contributed by atoms with E-state index in [2.05, 4.69) is 50.1 Å². The Bertz CT molecular complexity index is 857. The maximum atomic E-state index is 12.7. The van der Waals surface area contributed by atoms with E-state index in [0.717, 1.165) is 34.9 Å². The monoisotopic (exact) mass is 409 g/mol. The first-order chi connectivity index (χ1) is 14.5. The van der Waals surface area contributed by atoms with E-state index >= 15 is 0 Å². The van der Waals surface area contributed by atoms with Crippen LogP contribution in [0.4, 0.5) is 5.95 Å². The van der Waals surface area contributed by atoms with Gasteiger partial charge in [-0.2, -0.15) is 0 Å². The number of aryl methyl sites for hydroxylation is 2. The lowest BCUT2D eigenvalue weighted by atomic mass is 9.89. The lowest BCUT2D eigenvalue weighted by Crippen LogP contribution is -2.35. The number of nitrogens with zero attached hydrogens (tertiary/aromatic N) is 3. The summed E-state index contributed by atoms with van der Waals surface area (Å²) < 4.78 is 5.15. The second kappa shape index (κ2) is 10.1. The summed E-state index contributed by atoms with van der Waals surface area (Å²) in [5.41, 5.74) is 4.83. The van der Waals surface area contributed by atoms with E-state index in [4.69, 9.17) is 14.7 Å². The summed E-state index contributed by atoms with van der Waals surface area (Å²) in [5, 5.41) is 0. The van der Waals surface area contributed by atoms with Crippen molar-refractivity contribution in [3.8, 4) is 11.3 Å². The Morgan fingerprint density at radius 1 is 1.13 bits per heavy atom. The smallest absolute Gasteiger partial charge is 0.313 e. The molecule has 0 aliphatic heterocycles. The van der Waals surface area contributed by atoms with E-state index in [1.807, 2.05) is 6.92 Å². The van der Waals surface area contributed by atoms with Gasteiger partial charge >= 0.3 is 5.97 Å². The highest BCUT2D eigenvalue weighted by atomic mass is 16.5. The van der Waals surface area contributed by atoms with E-state index in [9.17, 15) is 4.79 Å². The normalized spacial score (nSPS) is 15.6. The van der Waals surface area contributed by atoms with Crippen LogP contribution in [0.3, 0.4) is 0 Å². The first-order valence-electron chi connectivity index (χ1n) is 11.2. The molecule has 0 saturated heterocycles. The van der Waals surface area contributed by atoms with Crippen LogP contribution in [-0.2, 0) is 9.53 Å².